The number of hydrogen-bond acceptors (Lipinski definition) is 3. The Morgan fingerprint density at radius 3 is 2.72 bits per heavy atom. The van der Waals surface area contributed by atoms with E-state index in [2.05, 4.69) is 23.5 Å². The standard InChI is InChI=1S/C21H24N2O2/c24-21(14-16-4-2-1-3-5-16)23-11-8-17-6-7-19(15-20(17)23)22-18-9-12-25-13-10-18/h1-7,15,18,22H,8-14H2. The summed E-state index contributed by atoms with van der Waals surface area (Å²) in [6.45, 7) is 2.43. The maximum absolute atomic E-state index is 12.8. The monoisotopic (exact) mass is 336 g/mol. The number of amides is 1. The van der Waals surface area contributed by atoms with Crippen LogP contribution in [0.1, 0.15) is 24.0 Å². The first-order valence-electron chi connectivity index (χ1n) is 9.11. The fourth-order valence-corrected chi connectivity index (χ4v) is 3.67. The van der Waals surface area contributed by atoms with Gasteiger partial charge in [0.2, 0.25) is 5.91 Å². The van der Waals surface area contributed by atoms with Gasteiger partial charge < -0.3 is 15.0 Å². The van der Waals surface area contributed by atoms with Gasteiger partial charge in [-0.05, 0) is 42.5 Å². The minimum Gasteiger partial charge on any atom is -0.382 e. The summed E-state index contributed by atoms with van der Waals surface area (Å²) in [5.74, 6) is 0.174. The van der Waals surface area contributed by atoms with E-state index in [9.17, 15) is 4.79 Å². The van der Waals surface area contributed by atoms with Crippen molar-refractivity contribution in [2.75, 3.05) is 30.0 Å². The quantitative estimate of drug-likeness (QED) is 0.930. The van der Waals surface area contributed by atoms with Gasteiger partial charge in [0.25, 0.3) is 0 Å². The summed E-state index contributed by atoms with van der Waals surface area (Å²) < 4.78 is 5.42. The summed E-state index contributed by atoms with van der Waals surface area (Å²) in [6.07, 6.45) is 3.47. The average Bonchev–Trinajstić information content (AvgIpc) is 3.07. The highest BCUT2D eigenvalue weighted by Gasteiger charge is 2.25. The van der Waals surface area contributed by atoms with Gasteiger partial charge in [0, 0.05) is 37.2 Å². The number of hydrogen-bond donors (Lipinski definition) is 1. The third-order valence-corrected chi connectivity index (χ3v) is 5.07. The molecule has 4 heteroatoms. The zero-order valence-electron chi connectivity index (χ0n) is 14.4. The van der Waals surface area contributed by atoms with E-state index in [4.69, 9.17) is 4.74 Å². The van der Waals surface area contributed by atoms with Crippen LogP contribution < -0.4 is 10.2 Å². The van der Waals surface area contributed by atoms with E-state index in [0.717, 1.165) is 56.0 Å². The fraction of sp³-hybridized carbons (Fsp3) is 0.381. The molecule has 4 rings (SSSR count). The van der Waals surface area contributed by atoms with Gasteiger partial charge in [-0.15, -0.1) is 0 Å². The molecule has 2 aliphatic heterocycles. The molecule has 4 nitrogen and oxygen atoms in total. The minimum atomic E-state index is 0.174. The number of carbonyl (C=O) groups is 1. The highest BCUT2D eigenvalue weighted by molar-refractivity contribution is 5.97. The van der Waals surface area contributed by atoms with Crippen LogP contribution in [0.3, 0.4) is 0 Å². The number of fused-ring (bicyclic) bond motifs is 1. The van der Waals surface area contributed by atoms with Crippen molar-refractivity contribution in [3.05, 3.63) is 59.7 Å². The second kappa shape index (κ2) is 7.28. The van der Waals surface area contributed by atoms with Crippen LogP contribution in [0.4, 0.5) is 11.4 Å². The van der Waals surface area contributed by atoms with E-state index in [0.29, 0.717) is 12.5 Å². The topological polar surface area (TPSA) is 41.6 Å². The fourth-order valence-electron chi connectivity index (χ4n) is 3.67. The van der Waals surface area contributed by atoms with Crippen LogP contribution in [0.2, 0.25) is 0 Å². The third kappa shape index (κ3) is 3.69. The summed E-state index contributed by atoms with van der Waals surface area (Å²) in [7, 11) is 0. The average molecular weight is 336 g/mol. The molecule has 0 spiro atoms. The Balaban J connectivity index is 1.48. The minimum absolute atomic E-state index is 0.174. The van der Waals surface area contributed by atoms with Crippen molar-refractivity contribution in [3.8, 4) is 0 Å². The van der Waals surface area contributed by atoms with Crippen molar-refractivity contribution in [1.29, 1.82) is 0 Å². The molecule has 0 aromatic heterocycles. The number of nitrogens with one attached hydrogen (secondary N) is 1. The van der Waals surface area contributed by atoms with Gasteiger partial charge in [0.15, 0.2) is 0 Å². The molecule has 1 N–H and O–H groups in total. The molecule has 0 aliphatic carbocycles. The Morgan fingerprint density at radius 2 is 1.92 bits per heavy atom. The summed E-state index contributed by atoms with van der Waals surface area (Å²) >= 11 is 0. The summed E-state index contributed by atoms with van der Waals surface area (Å²) in [4.78, 5) is 14.7. The predicted molar refractivity (Wildman–Crippen MR) is 100 cm³/mol. The number of nitrogens with zero attached hydrogens (tertiary/aromatic N) is 1. The van der Waals surface area contributed by atoms with Gasteiger partial charge in [0.1, 0.15) is 0 Å². The van der Waals surface area contributed by atoms with Crippen molar-refractivity contribution in [3.63, 3.8) is 0 Å². The van der Waals surface area contributed by atoms with Gasteiger partial charge in [-0.25, -0.2) is 0 Å². The Morgan fingerprint density at radius 1 is 1.12 bits per heavy atom. The number of rotatable bonds is 4. The van der Waals surface area contributed by atoms with Crippen molar-refractivity contribution in [2.24, 2.45) is 0 Å². The molecule has 2 aromatic carbocycles. The van der Waals surface area contributed by atoms with Crippen molar-refractivity contribution in [2.45, 2.75) is 31.7 Å². The second-order valence-corrected chi connectivity index (χ2v) is 6.83. The Hall–Kier alpha value is -2.33. The van der Waals surface area contributed by atoms with Gasteiger partial charge >= 0.3 is 0 Å². The van der Waals surface area contributed by atoms with Crippen LogP contribution in [-0.2, 0) is 22.4 Å². The van der Waals surface area contributed by atoms with Crippen LogP contribution in [0, 0.1) is 0 Å². The Bertz CT molecular complexity index is 739. The lowest BCUT2D eigenvalue weighted by Gasteiger charge is -2.25. The smallest absolute Gasteiger partial charge is 0.231 e. The van der Waals surface area contributed by atoms with E-state index in [-0.39, 0.29) is 5.91 Å². The van der Waals surface area contributed by atoms with Crippen LogP contribution in [0.5, 0.6) is 0 Å². The molecule has 0 atom stereocenters. The molecule has 1 saturated heterocycles. The van der Waals surface area contributed by atoms with Gasteiger partial charge in [-0.3, -0.25) is 4.79 Å². The third-order valence-electron chi connectivity index (χ3n) is 5.07. The van der Waals surface area contributed by atoms with E-state index >= 15 is 0 Å². The molecule has 130 valence electrons. The SMILES string of the molecule is O=C(Cc1ccccc1)N1CCc2ccc(NC3CCOCC3)cc21. The second-order valence-electron chi connectivity index (χ2n) is 6.83. The number of ether oxygens (including phenoxy) is 1. The van der Waals surface area contributed by atoms with Crippen LogP contribution in [0.15, 0.2) is 48.5 Å². The lowest BCUT2D eigenvalue weighted by molar-refractivity contribution is -0.117. The van der Waals surface area contributed by atoms with Crippen molar-refractivity contribution in [1.82, 2.24) is 0 Å². The molecule has 0 unspecified atom stereocenters. The highest BCUT2D eigenvalue weighted by atomic mass is 16.5. The highest BCUT2D eigenvalue weighted by Crippen LogP contribution is 2.32. The number of carbonyl (C=O) groups excluding carboxylic acids is 1. The summed E-state index contributed by atoms with van der Waals surface area (Å²) in [6, 6.07) is 16.9. The van der Waals surface area contributed by atoms with Gasteiger partial charge in [0.05, 0.1) is 6.42 Å². The van der Waals surface area contributed by atoms with Gasteiger partial charge in [-0.1, -0.05) is 36.4 Å². The molecule has 25 heavy (non-hydrogen) atoms. The first-order chi connectivity index (χ1) is 12.3. The zero-order valence-corrected chi connectivity index (χ0v) is 14.4. The maximum Gasteiger partial charge on any atom is 0.231 e. The zero-order chi connectivity index (χ0) is 17.1. The Labute approximate surface area is 148 Å². The molecule has 2 heterocycles. The molecule has 0 radical (unpaired) electrons. The largest absolute Gasteiger partial charge is 0.382 e. The maximum atomic E-state index is 12.8. The Kier molecular flexibility index (Phi) is 4.70. The number of anilines is 2. The predicted octanol–water partition coefficient (Wildman–Crippen LogP) is 3.41. The van der Waals surface area contributed by atoms with Crippen molar-refractivity contribution >= 4 is 17.3 Å². The number of benzene rings is 2. The molecular formula is C21H24N2O2. The van der Waals surface area contributed by atoms with Crippen LogP contribution in [-0.4, -0.2) is 31.7 Å². The summed E-state index contributed by atoms with van der Waals surface area (Å²) in [5.41, 5.74) is 4.50. The lowest BCUT2D eigenvalue weighted by atomic mass is 10.1. The van der Waals surface area contributed by atoms with E-state index in [1.807, 2.05) is 35.2 Å². The molecule has 0 bridgehead atoms. The van der Waals surface area contributed by atoms with E-state index < -0.39 is 0 Å². The molecule has 2 aliphatic rings. The molecular weight excluding hydrogens is 312 g/mol. The van der Waals surface area contributed by atoms with Crippen LogP contribution in [0.25, 0.3) is 0 Å². The lowest BCUT2D eigenvalue weighted by Crippen LogP contribution is -2.30. The summed E-state index contributed by atoms with van der Waals surface area (Å²) in [5, 5.41) is 3.60. The molecule has 1 amide bonds. The molecule has 0 saturated carbocycles. The normalized spacial score (nSPS) is 17.4. The first kappa shape index (κ1) is 16.2. The first-order valence-corrected chi connectivity index (χ1v) is 9.11. The van der Waals surface area contributed by atoms with Crippen LogP contribution >= 0.6 is 0 Å². The van der Waals surface area contributed by atoms with E-state index in [1.165, 1.54) is 5.56 Å². The van der Waals surface area contributed by atoms with Gasteiger partial charge in [-0.2, -0.15) is 0 Å². The molecule has 1 fully saturated rings. The van der Waals surface area contributed by atoms with Crippen molar-refractivity contribution < 1.29 is 9.53 Å². The molecule has 2 aromatic rings. The van der Waals surface area contributed by atoms with E-state index in [1.54, 1.807) is 0 Å².